The van der Waals surface area contributed by atoms with Crippen LogP contribution in [0.5, 0.6) is 0 Å². The molecule has 4 nitrogen and oxygen atoms in total. The van der Waals surface area contributed by atoms with Gasteiger partial charge in [-0.3, -0.25) is 4.79 Å². The number of aliphatic hydroxyl groups excluding tert-OH is 1. The normalized spacial score (nSPS) is 13.2. The number of nitrogens with two attached hydrogens (primary N) is 1. The molecule has 0 aromatic heterocycles. The molecule has 66 valence electrons. The molecule has 0 unspecified atom stereocenters. The zero-order valence-corrected chi connectivity index (χ0v) is 7.00. The minimum absolute atomic E-state index is 0.0239. The smallest absolute Gasteiger partial charge is 0.250 e. The van der Waals surface area contributed by atoms with Crippen LogP contribution in [-0.2, 0) is 4.79 Å². The summed E-state index contributed by atoms with van der Waals surface area (Å²) in [5.41, 5.74) is 5.07. The van der Waals surface area contributed by atoms with Crippen molar-refractivity contribution in [3.05, 3.63) is 0 Å². The number of hydrogen-bond acceptors (Lipinski definition) is 3. The lowest BCUT2D eigenvalue weighted by Crippen LogP contribution is -2.40. The molecule has 0 heterocycles. The summed E-state index contributed by atoms with van der Waals surface area (Å²) < 4.78 is 0. The quantitative estimate of drug-likeness (QED) is 0.498. The molecule has 4 heteroatoms. The minimum Gasteiger partial charge on any atom is -0.382 e. The highest BCUT2D eigenvalue weighted by atomic mass is 16.3. The van der Waals surface area contributed by atoms with Crippen LogP contribution in [0.4, 0.5) is 0 Å². The number of carbonyl (C=O) groups excluding carboxylic acids is 1. The van der Waals surface area contributed by atoms with Gasteiger partial charge in [0.25, 0.3) is 0 Å². The Bertz CT molecular complexity index is 126. The molecule has 0 aliphatic rings. The maximum Gasteiger partial charge on any atom is 0.250 e. The second-order valence-corrected chi connectivity index (χ2v) is 2.89. The van der Waals surface area contributed by atoms with Gasteiger partial charge in [-0.1, -0.05) is 13.8 Å². The van der Waals surface area contributed by atoms with Gasteiger partial charge in [-0.15, -0.1) is 0 Å². The molecule has 0 aromatic rings. The lowest BCUT2D eigenvalue weighted by molar-refractivity contribution is -0.128. The van der Waals surface area contributed by atoms with Gasteiger partial charge in [0.1, 0.15) is 6.10 Å². The summed E-state index contributed by atoms with van der Waals surface area (Å²) in [5, 5.41) is 11.5. The first-order valence-corrected chi connectivity index (χ1v) is 3.73. The monoisotopic (exact) mass is 160 g/mol. The fourth-order valence-electron chi connectivity index (χ4n) is 0.530. The summed E-state index contributed by atoms with van der Waals surface area (Å²) >= 11 is 0. The SMILES string of the molecule is CC(C)CNC(=O)[C@@H](O)CN. The summed E-state index contributed by atoms with van der Waals surface area (Å²) in [5.74, 6) is 0.00474. The minimum atomic E-state index is -1.06. The predicted molar refractivity (Wildman–Crippen MR) is 42.9 cm³/mol. The standard InChI is InChI=1S/C7H16N2O2/c1-5(2)4-9-7(11)6(10)3-8/h5-6,10H,3-4,8H2,1-2H3,(H,9,11)/t6-/m0/s1. The van der Waals surface area contributed by atoms with Crippen molar-refractivity contribution >= 4 is 5.91 Å². The first-order chi connectivity index (χ1) is 5.07. The third-order valence-corrected chi connectivity index (χ3v) is 1.21. The highest BCUT2D eigenvalue weighted by Crippen LogP contribution is 1.87. The van der Waals surface area contributed by atoms with Crippen LogP contribution in [0.15, 0.2) is 0 Å². The van der Waals surface area contributed by atoms with E-state index in [2.05, 4.69) is 5.32 Å². The fraction of sp³-hybridized carbons (Fsp3) is 0.857. The van der Waals surface area contributed by atoms with Crippen molar-refractivity contribution in [2.24, 2.45) is 11.7 Å². The van der Waals surface area contributed by atoms with Crippen LogP contribution in [0.25, 0.3) is 0 Å². The van der Waals surface area contributed by atoms with Crippen molar-refractivity contribution in [1.29, 1.82) is 0 Å². The van der Waals surface area contributed by atoms with E-state index in [1.54, 1.807) is 0 Å². The Labute approximate surface area is 66.8 Å². The topological polar surface area (TPSA) is 75.3 Å². The van der Waals surface area contributed by atoms with Crippen LogP contribution in [-0.4, -0.2) is 30.2 Å². The Hall–Kier alpha value is -0.610. The van der Waals surface area contributed by atoms with Gasteiger partial charge >= 0.3 is 0 Å². The molecule has 11 heavy (non-hydrogen) atoms. The zero-order valence-electron chi connectivity index (χ0n) is 7.00. The van der Waals surface area contributed by atoms with Gasteiger partial charge in [-0.25, -0.2) is 0 Å². The second-order valence-electron chi connectivity index (χ2n) is 2.89. The molecule has 0 saturated carbocycles. The first kappa shape index (κ1) is 10.4. The maximum absolute atomic E-state index is 10.8. The molecule has 0 bridgehead atoms. The van der Waals surface area contributed by atoms with E-state index in [1.165, 1.54) is 0 Å². The van der Waals surface area contributed by atoms with E-state index in [0.717, 1.165) is 0 Å². The summed E-state index contributed by atoms with van der Waals surface area (Å²) in [4.78, 5) is 10.8. The van der Waals surface area contributed by atoms with Crippen molar-refractivity contribution in [2.45, 2.75) is 20.0 Å². The zero-order chi connectivity index (χ0) is 8.85. The van der Waals surface area contributed by atoms with Crippen molar-refractivity contribution < 1.29 is 9.90 Å². The number of carbonyl (C=O) groups is 1. The van der Waals surface area contributed by atoms with E-state index in [4.69, 9.17) is 10.8 Å². The Kier molecular flexibility index (Phi) is 4.81. The molecule has 4 N–H and O–H groups in total. The van der Waals surface area contributed by atoms with Gasteiger partial charge < -0.3 is 16.2 Å². The van der Waals surface area contributed by atoms with E-state index < -0.39 is 6.10 Å². The van der Waals surface area contributed by atoms with Gasteiger partial charge in [0.15, 0.2) is 0 Å². The van der Waals surface area contributed by atoms with Crippen LogP contribution in [0.2, 0.25) is 0 Å². The molecule has 0 spiro atoms. The molecule has 0 saturated heterocycles. The number of amides is 1. The molecular formula is C7H16N2O2. The van der Waals surface area contributed by atoms with Crippen LogP contribution in [0.1, 0.15) is 13.8 Å². The van der Waals surface area contributed by atoms with Crippen LogP contribution in [0.3, 0.4) is 0 Å². The summed E-state index contributed by atoms with van der Waals surface area (Å²) in [7, 11) is 0. The molecule has 0 rings (SSSR count). The molecule has 1 amide bonds. The van der Waals surface area contributed by atoms with Crippen molar-refractivity contribution in [3.63, 3.8) is 0 Å². The highest BCUT2D eigenvalue weighted by Gasteiger charge is 2.11. The number of nitrogens with one attached hydrogen (secondary N) is 1. The largest absolute Gasteiger partial charge is 0.382 e. The fourth-order valence-corrected chi connectivity index (χ4v) is 0.530. The summed E-state index contributed by atoms with van der Waals surface area (Å²) in [6.45, 7) is 4.52. The van der Waals surface area contributed by atoms with E-state index in [1.807, 2.05) is 13.8 Å². The molecule has 0 aromatic carbocycles. The van der Waals surface area contributed by atoms with E-state index in [9.17, 15) is 4.79 Å². The van der Waals surface area contributed by atoms with Crippen LogP contribution in [0, 0.1) is 5.92 Å². The molecule has 1 atom stereocenters. The van der Waals surface area contributed by atoms with Crippen LogP contribution < -0.4 is 11.1 Å². The van der Waals surface area contributed by atoms with E-state index in [-0.39, 0.29) is 12.5 Å². The third-order valence-electron chi connectivity index (χ3n) is 1.21. The van der Waals surface area contributed by atoms with Gasteiger partial charge in [-0.05, 0) is 5.92 Å². The van der Waals surface area contributed by atoms with Gasteiger partial charge in [0, 0.05) is 13.1 Å². The van der Waals surface area contributed by atoms with Gasteiger partial charge in [0.2, 0.25) is 5.91 Å². The lowest BCUT2D eigenvalue weighted by Gasteiger charge is -2.10. The van der Waals surface area contributed by atoms with Gasteiger partial charge in [0.05, 0.1) is 0 Å². The van der Waals surface area contributed by atoms with E-state index >= 15 is 0 Å². The number of aliphatic hydroxyl groups is 1. The Balaban J connectivity index is 3.52. The van der Waals surface area contributed by atoms with E-state index in [0.29, 0.717) is 12.5 Å². The van der Waals surface area contributed by atoms with Gasteiger partial charge in [-0.2, -0.15) is 0 Å². The maximum atomic E-state index is 10.8. The Morgan fingerprint density at radius 2 is 2.18 bits per heavy atom. The predicted octanol–water partition coefficient (Wildman–Crippen LogP) is -0.922. The molecular weight excluding hydrogens is 144 g/mol. The van der Waals surface area contributed by atoms with Crippen LogP contribution >= 0.6 is 0 Å². The first-order valence-electron chi connectivity index (χ1n) is 3.73. The van der Waals surface area contributed by atoms with Crippen molar-refractivity contribution in [1.82, 2.24) is 5.32 Å². The molecule has 0 radical (unpaired) electrons. The third kappa shape index (κ3) is 4.75. The Morgan fingerprint density at radius 3 is 2.55 bits per heavy atom. The number of hydrogen-bond donors (Lipinski definition) is 3. The average molecular weight is 160 g/mol. The second kappa shape index (κ2) is 5.09. The average Bonchev–Trinajstić information content (AvgIpc) is 1.98. The lowest BCUT2D eigenvalue weighted by atomic mass is 10.2. The number of rotatable bonds is 4. The van der Waals surface area contributed by atoms with Crippen molar-refractivity contribution in [2.75, 3.05) is 13.1 Å². The van der Waals surface area contributed by atoms with Crippen molar-refractivity contribution in [3.8, 4) is 0 Å². The summed E-state index contributed by atoms with van der Waals surface area (Å²) in [6, 6.07) is 0. The molecule has 0 fully saturated rings. The molecule has 0 aliphatic carbocycles. The Morgan fingerprint density at radius 1 is 1.64 bits per heavy atom. The highest BCUT2D eigenvalue weighted by molar-refractivity contribution is 5.80. The summed E-state index contributed by atoms with van der Waals surface area (Å²) in [6.07, 6.45) is -1.06. The molecule has 0 aliphatic heterocycles.